The van der Waals surface area contributed by atoms with Crippen LogP contribution in [0.25, 0.3) is 56.1 Å². The maximum atomic E-state index is 10.6. The third-order valence-electron chi connectivity index (χ3n) is 9.30. The number of benzene rings is 4. The molecule has 1 N–H and O–H groups in total. The molecular weight excluding hydrogens is 588 g/mol. The van der Waals surface area contributed by atoms with Gasteiger partial charge in [0, 0.05) is 17.3 Å². The largest absolute Gasteiger partial charge is 0.507 e. The van der Waals surface area contributed by atoms with Gasteiger partial charge in [0.05, 0.1) is 11.3 Å². The number of hydrogen-bond acceptors (Lipinski definition) is 4. The maximum Gasteiger partial charge on any atom is 0.231 e. The molecule has 2 aromatic heterocycles. The van der Waals surface area contributed by atoms with E-state index in [1.807, 2.05) is 30.5 Å². The monoisotopic (exact) mass is 636 g/mol. The SMILES string of the molecule is CC(C)c1cc(-c2ccnc(-c3cc(-c4cccc5oc(-c6ccccc6O)nc45)c(C(C)(C)C)cc3C(C)(C)C)c2)cc(C(C)C)c1. The van der Waals surface area contributed by atoms with Crippen molar-refractivity contribution in [1.29, 1.82) is 0 Å². The van der Waals surface area contributed by atoms with Gasteiger partial charge in [-0.3, -0.25) is 4.98 Å². The number of oxazole rings is 1. The quantitative estimate of drug-likeness (QED) is 0.198. The Morgan fingerprint density at radius 2 is 1.23 bits per heavy atom. The normalized spacial score (nSPS) is 12.4. The van der Waals surface area contributed by atoms with E-state index in [9.17, 15) is 5.11 Å². The molecule has 48 heavy (non-hydrogen) atoms. The van der Waals surface area contributed by atoms with Gasteiger partial charge in [0.25, 0.3) is 0 Å². The first kappa shape index (κ1) is 33.2. The van der Waals surface area contributed by atoms with Gasteiger partial charge in [-0.1, -0.05) is 118 Å². The molecule has 0 saturated heterocycles. The van der Waals surface area contributed by atoms with E-state index in [1.165, 1.54) is 27.8 Å². The molecule has 4 heteroatoms. The van der Waals surface area contributed by atoms with Crippen molar-refractivity contribution in [2.45, 2.75) is 91.9 Å². The van der Waals surface area contributed by atoms with E-state index in [0.29, 0.717) is 28.9 Å². The molecule has 0 spiro atoms. The summed E-state index contributed by atoms with van der Waals surface area (Å²) in [5.74, 6) is 1.42. The Hall–Kier alpha value is -4.70. The van der Waals surface area contributed by atoms with E-state index >= 15 is 0 Å². The molecule has 6 rings (SSSR count). The molecule has 246 valence electrons. The molecule has 2 heterocycles. The lowest BCUT2D eigenvalue weighted by Crippen LogP contribution is -2.19. The van der Waals surface area contributed by atoms with Crippen molar-refractivity contribution in [3.8, 4) is 50.7 Å². The van der Waals surface area contributed by atoms with Crippen LogP contribution < -0.4 is 0 Å². The molecule has 0 saturated carbocycles. The van der Waals surface area contributed by atoms with Crippen molar-refractivity contribution >= 4 is 11.1 Å². The second-order valence-electron chi connectivity index (χ2n) is 15.8. The summed E-state index contributed by atoms with van der Waals surface area (Å²) in [6, 6.07) is 29.4. The number of pyridine rings is 1. The number of aromatic hydroxyl groups is 1. The van der Waals surface area contributed by atoms with Crippen LogP contribution >= 0.6 is 0 Å². The Balaban J connectivity index is 1.60. The van der Waals surface area contributed by atoms with Crippen LogP contribution in [-0.4, -0.2) is 15.1 Å². The molecule has 0 radical (unpaired) electrons. The van der Waals surface area contributed by atoms with Crippen molar-refractivity contribution < 1.29 is 9.52 Å². The highest BCUT2D eigenvalue weighted by Crippen LogP contribution is 2.44. The van der Waals surface area contributed by atoms with Gasteiger partial charge in [-0.15, -0.1) is 0 Å². The summed E-state index contributed by atoms with van der Waals surface area (Å²) in [6.07, 6.45) is 1.95. The summed E-state index contributed by atoms with van der Waals surface area (Å²) in [6.45, 7) is 22.7. The van der Waals surface area contributed by atoms with Gasteiger partial charge in [0.1, 0.15) is 11.3 Å². The average molecular weight is 637 g/mol. The Kier molecular flexibility index (Phi) is 8.57. The van der Waals surface area contributed by atoms with Gasteiger partial charge >= 0.3 is 0 Å². The average Bonchev–Trinajstić information content (AvgIpc) is 3.48. The molecule has 0 aliphatic heterocycles. The first-order chi connectivity index (χ1) is 22.6. The second-order valence-corrected chi connectivity index (χ2v) is 15.8. The van der Waals surface area contributed by atoms with E-state index in [1.54, 1.807) is 12.1 Å². The van der Waals surface area contributed by atoms with E-state index in [4.69, 9.17) is 14.4 Å². The molecular formula is C44H48N2O2. The zero-order valence-electron chi connectivity index (χ0n) is 30.1. The second kappa shape index (κ2) is 12.4. The third kappa shape index (κ3) is 6.41. The van der Waals surface area contributed by atoms with Crippen LogP contribution in [0.15, 0.2) is 95.5 Å². The first-order valence-corrected chi connectivity index (χ1v) is 17.1. The minimum absolute atomic E-state index is 0.133. The number of rotatable bonds is 6. The highest BCUT2D eigenvalue weighted by molar-refractivity contribution is 5.95. The van der Waals surface area contributed by atoms with Crippen LogP contribution in [0.2, 0.25) is 0 Å². The molecule has 4 aromatic carbocycles. The number of aromatic nitrogens is 2. The Labute approximate surface area is 285 Å². The summed E-state index contributed by atoms with van der Waals surface area (Å²) in [7, 11) is 0. The molecule has 0 aliphatic rings. The number of para-hydroxylation sites is 2. The topological polar surface area (TPSA) is 59.2 Å². The molecule has 0 fully saturated rings. The molecule has 0 unspecified atom stereocenters. The zero-order chi connectivity index (χ0) is 34.5. The van der Waals surface area contributed by atoms with Gasteiger partial charge < -0.3 is 9.52 Å². The van der Waals surface area contributed by atoms with Crippen molar-refractivity contribution in [3.05, 3.63) is 113 Å². The summed E-state index contributed by atoms with van der Waals surface area (Å²) in [5.41, 5.74) is 13.5. The van der Waals surface area contributed by atoms with Crippen molar-refractivity contribution in [3.63, 3.8) is 0 Å². The van der Waals surface area contributed by atoms with Gasteiger partial charge in [0.15, 0.2) is 5.58 Å². The fraction of sp³-hybridized carbons (Fsp3) is 0.318. The Bertz CT molecular complexity index is 2090. The fourth-order valence-electron chi connectivity index (χ4n) is 6.48. The number of phenolic OH excluding ortho intramolecular Hbond substituents is 1. The van der Waals surface area contributed by atoms with Crippen LogP contribution in [0.3, 0.4) is 0 Å². The van der Waals surface area contributed by atoms with E-state index in [2.05, 4.69) is 118 Å². The lowest BCUT2D eigenvalue weighted by atomic mass is 9.74. The molecule has 0 bridgehead atoms. The minimum atomic E-state index is -0.153. The Morgan fingerprint density at radius 3 is 1.85 bits per heavy atom. The lowest BCUT2D eigenvalue weighted by Gasteiger charge is -2.30. The highest BCUT2D eigenvalue weighted by atomic mass is 16.3. The van der Waals surface area contributed by atoms with Gasteiger partial charge in [-0.05, 0) is 98.0 Å². The van der Waals surface area contributed by atoms with Crippen molar-refractivity contribution in [1.82, 2.24) is 9.97 Å². The maximum absolute atomic E-state index is 10.6. The van der Waals surface area contributed by atoms with E-state index in [-0.39, 0.29) is 16.6 Å². The summed E-state index contributed by atoms with van der Waals surface area (Å²) >= 11 is 0. The summed E-state index contributed by atoms with van der Waals surface area (Å²) in [4.78, 5) is 9.98. The summed E-state index contributed by atoms with van der Waals surface area (Å²) < 4.78 is 6.25. The van der Waals surface area contributed by atoms with Crippen LogP contribution in [0.5, 0.6) is 5.75 Å². The van der Waals surface area contributed by atoms with Gasteiger partial charge in [-0.2, -0.15) is 0 Å². The van der Waals surface area contributed by atoms with Gasteiger partial charge in [-0.25, -0.2) is 4.98 Å². The van der Waals surface area contributed by atoms with Gasteiger partial charge in [0.2, 0.25) is 5.89 Å². The third-order valence-corrected chi connectivity index (χ3v) is 9.30. The molecule has 4 nitrogen and oxygen atoms in total. The first-order valence-electron chi connectivity index (χ1n) is 17.1. The molecule has 0 amide bonds. The highest BCUT2D eigenvalue weighted by Gasteiger charge is 2.28. The number of hydrogen-bond donors (Lipinski definition) is 1. The standard InChI is InChI=1S/C44H48N2O2/c1-26(2)29-20-30(27(3)4)22-31(21-29)28-18-19-45-38(23-28)35-24-34(36(43(5,6)7)25-37(35)44(8,9)10)32-15-13-17-40-41(32)46-42(48-40)33-14-11-12-16-39(33)47/h11-27,47H,1-10H3. The number of nitrogens with zero attached hydrogens (tertiary/aromatic N) is 2. The van der Waals surface area contributed by atoms with Crippen molar-refractivity contribution in [2.75, 3.05) is 0 Å². The predicted molar refractivity (Wildman–Crippen MR) is 201 cm³/mol. The van der Waals surface area contributed by atoms with E-state index in [0.717, 1.165) is 33.5 Å². The zero-order valence-corrected chi connectivity index (χ0v) is 30.1. The molecule has 6 aromatic rings. The lowest BCUT2D eigenvalue weighted by molar-refractivity contribution is 0.474. The van der Waals surface area contributed by atoms with Crippen LogP contribution in [0.4, 0.5) is 0 Å². The smallest absolute Gasteiger partial charge is 0.231 e. The minimum Gasteiger partial charge on any atom is -0.507 e. The number of fused-ring (bicyclic) bond motifs is 1. The van der Waals surface area contributed by atoms with E-state index < -0.39 is 0 Å². The van der Waals surface area contributed by atoms with Crippen LogP contribution in [0.1, 0.15) is 103 Å². The predicted octanol–water partition coefficient (Wildman–Crippen LogP) is 12.4. The van der Waals surface area contributed by atoms with Crippen LogP contribution in [-0.2, 0) is 10.8 Å². The van der Waals surface area contributed by atoms with Crippen molar-refractivity contribution in [2.24, 2.45) is 0 Å². The fourth-order valence-corrected chi connectivity index (χ4v) is 6.48. The molecule has 0 atom stereocenters. The Morgan fingerprint density at radius 1 is 0.604 bits per heavy atom. The number of phenols is 1. The molecule has 0 aliphatic carbocycles. The summed E-state index contributed by atoms with van der Waals surface area (Å²) in [5, 5.41) is 10.6. The van der Waals surface area contributed by atoms with Crippen LogP contribution in [0, 0.1) is 0 Å².